The van der Waals surface area contributed by atoms with Crippen LogP contribution in [0.4, 0.5) is 0 Å². The van der Waals surface area contributed by atoms with E-state index >= 15 is 0 Å². The van der Waals surface area contributed by atoms with Crippen molar-refractivity contribution in [3.8, 4) is 0 Å². The van der Waals surface area contributed by atoms with E-state index < -0.39 is 10.0 Å². The molecule has 7 heteroatoms. The SMILES string of the molecule is CCCCN(C(C)CC)S(=O)(=O)c1cnn(CCCO)c1. The monoisotopic (exact) mass is 317 g/mol. The zero-order valence-electron chi connectivity index (χ0n) is 13.2. The van der Waals surface area contributed by atoms with Crippen LogP contribution < -0.4 is 0 Å². The number of aromatic nitrogens is 2. The average molecular weight is 317 g/mol. The molecule has 0 amide bonds. The lowest BCUT2D eigenvalue weighted by molar-refractivity contribution is 0.277. The van der Waals surface area contributed by atoms with Gasteiger partial charge in [0.1, 0.15) is 4.90 Å². The van der Waals surface area contributed by atoms with E-state index in [0.29, 0.717) is 19.5 Å². The molecular formula is C14H27N3O3S. The smallest absolute Gasteiger partial charge is 0.246 e. The number of aryl methyl sites for hydroxylation is 1. The summed E-state index contributed by atoms with van der Waals surface area (Å²) in [5.41, 5.74) is 0. The first-order valence-electron chi connectivity index (χ1n) is 7.62. The number of rotatable bonds is 10. The summed E-state index contributed by atoms with van der Waals surface area (Å²) in [5, 5.41) is 12.9. The van der Waals surface area contributed by atoms with Crippen molar-refractivity contribution >= 4 is 10.0 Å². The maximum atomic E-state index is 12.7. The van der Waals surface area contributed by atoms with Gasteiger partial charge in [0.05, 0.1) is 6.20 Å². The second-order valence-electron chi connectivity index (χ2n) is 5.24. The van der Waals surface area contributed by atoms with Crippen LogP contribution in [0.25, 0.3) is 0 Å². The Kier molecular flexibility index (Phi) is 7.34. The van der Waals surface area contributed by atoms with Gasteiger partial charge in [0.2, 0.25) is 10.0 Å². The Morgan fingerprint density at radius 3 is 2.67 bits per heavy atom. The summed E-state index contributed by atoms with van der Waals surface area (Å²) in [4.78, 5) is 0.233. The molecule has 1 N–H and O–H groups in total. The molecule has 0 fully saturated rings. The van der Waals surface area contributed by atoms with Gasteiger partial charge in [0.15, 0.2) is 0 Å². The predicted octanol–water partition coefficient (Wildman–Crippen LogP) is 1.85. The zero-order chi connectivity index (χ0) is 15.9. The number of aliphatic hydroxyl groups excluding tert-OH is 1. The van der Waals surface area contributed by atoms with Gasteiger partial charge >= 0.3 is 0 Å². The highest BCUT2D eigenvalue weighted by molar-refractivity contribution is 7.89. The molecule has 0 aromatic carbocycles. The van der Waals surface area contributed by atoms with Gasteiger partial charge in [-0.05, 0) is 26.2 Å². The van der Waals surface area contributed by atoms with E-state index in [2.05, 4.69) is 5.10 Å². The standard InChI is InChI=1S/C14H27N3O3S/c1-4-6-9-17(13(3)5-2)21(19,20)14-11-15-16(12-14)8-7-10-18/h11-13,18H,4-10H2,1-3H3. The molecule has 0 bridgehead atoms. The molecule has 0 radical (unpaired) electrons. The van der Waals surface area contributed by atoms with E-state index in [1.807, 2.05) is 20.8 Å². The van der Waals surface area contributed by atoms with Gasteiger partial charge in [0, 0.05) is 31.9 Å². The number of nitrogens with zero attached hydrogens (tertiary/aromatic N) is 3. The van der Waals surface area contributed by atoms with Crippen LogP contribution in [0.15, 0.2) is 17.3 Å². The summed E-state index contributed by atoms with van der Waals surface area (Å²) in [6, 6.07) is -0.0256. The Morgan fingerprint density at radius 1 is 1.38 bits per heavy atom. The third-order valence-electron chi connectivity index (χ3n) is 3.58. The van der Waals surface area contributed by atoms with Crippen LogP contribution in [0.3, 0.4) is 0 Å². The van der Waals surface area contributed by atoms with Crippen molar-refractivity contribution < 1.29 is 13.5 Å². The third kappa shape index (κ3) is 4.79. The second-order valence-corrected chi connectivity index (χ2v) is 7.13. The Hall–Kier alpha value is -0.920. The van der Waals surface area contributed by atoms with Gasteiger partial charge in [0.25, 0.3) is 0 Å². The minimum Gasteiger partial charge on any atom is -0.396 e. The number of unbranched alkanes of at least 4 members (excludes halogenated alkanes) is 1. The van der Waals surface area contributed by atoms with E-state index in [-0.39, 0.29) is 17.5 Å². The average Bonchev–Trinajstić information content (AvgIpc) is 2.94. The van der Waals surface area contributed by atoms with Gasteiger partial charge in [-0.2, -0.15) is 9.40 Å². The summed E-state index contributed by atoms with van der Waals surface area (Å²) < 4.78 is 28.6. The van der Waals surface area contributed by atoms with Crippen LogP contribution in [0, 0.1) is 0 Å². The molecule has 1 rings (SSSR count). The second kappa shape index (κ2) is 8.51. The van der Waals surface area contributed by atoms with Gasteiger partial charge in [-0.3, -0.25) is 4.68 Å². The van der Waals surface area contributed by atoms with Crippen molar-refractivity contribution in [2.24, 2.45) is 0 Å². The van der Waals surface area contributed by atoms with Gasteiger partial charge in [-0.1, -0.05) is 20.3 Å². The van der Waals surface area contributed by atoms with Gasteiger partial charge in [-0.15, -0.1) is 0 Å². The van der Waals surface area contributed by atoms with Crippen molar-refractivity contribution in [1.82, 2.24) is 14.1 Å². The fourth-order valence-electron chi connectivity index (χ4n) is 2.06. The highest BCUT2D eigenvalue weighted by atomic mass is 32.2. The fraction of sp³-hybridized carbons (Fsp3) is 0.786. The minimum atomic E-state index is -3.50. The molecule has 1 aromatic heterocycles. The lowest BCUT2D eigenvalue weighted by Crippen LogP contribution is -2.38. The van der Waals surface area contributed by atoms with Crippen LogP contribution in [0.1, 0.15) is 46.5 Å². The van der Waals surface area contributed by atoms with E-state index in [4.69, 9.17) is 5.11 Å². The Bertz CT molecular complexity index is 513. The lowest BCUT2D eigenvalue weighted by Gasteiger charge is -2.26. The van der Waals surface area contributed by atoms with Crippen molar-refractivity contribution in [2.75, 3.05) is 13.2 Å². The molecule has 1 heterocycles. The first kappa shape index (κ1) is 18.1. The van der Waals surface area contributed by atoms with E-state index in [0.717, 1.165) is 19.3 Å². The van der Waals surface area contributed by atoms with Crippen LogP contribution in [0.5, 0.6) is 0 Å². The molecule has 1 unspecified atom stereocenters. The van der Waals surface area contributed by atoms with Crippen molar-refractivity contribution in [2.45, 2.75) is 63.9 Å². The molecular weight excluding hydrogens is 290 g/mol. The van der Waals surface area contributed by atoms with Crippen LogP contribution in [0.2, 0.25) is 0 Å². The van der Waals surface area contributed by atoms with Crippen molar-refractivity contribution in [3.05, 3.63) is 12.4 Å². The largest absolute Gasteiger partial charge is 0.396 e. The first-order valence-corrected chi connectivity index (χ1v) is 9.06. The number of hydrogen-bond acceptors (Lipinski definition) is 4. The molecule has 122 valence electrons. The van der Waals surface area contributed by atoms with E-state index in [9.17, 15) is 8.42 Å². The maximum absolute atomic E-state index is 12.7. The molecule has 21 heavy (non-hydrogen) atoms. The Balaban J connectivity index is 2.96. The molecule has 1 atom stereocenters. The number of hydrogen-bond donors (Lipinski definition) is 1. The van der Waals surface area contributed by atoms with Crippen molar-refractivity contribution in [1.29, 1.82) is 0 Å². The predicted molar refractivity (Wildman–Crippen MR) is 82.5 cm³/mol. The molecule has 0 aliphatic carbocycles. The molecule has 0 saturated carbocycles. The Labute approximate surface area is 127 Å². The lowest BCUT2D eigenvalue weighted by atomic mass is 10.2. The van der Waals surface area contributed by atoms with Crippen LogP contribution in [-0.4, -0.2) is 46.8 Å². The van der Waals surface area contributed by atoms with Crippen LogP contribution >= 0.6 is 0 Å². The molecule has 0 aliphatic heterocycles. The summed E-state index contributed by atoms with van der Waals surface area (Å²) in [6.07, 6.45) is 6.09. The third-order valence-corrected chi connectivity index (χ3v) is 5.54. The fourth-order valence-corrected chi connectivity index (χ4v) is 3.76. The molecule has 1 aromatic rings. The van der Waals surface area contributed by atoms with Gasteiger partial charge in [-0.25, -0.2) is 8.42 Å². The minimum absolute atomic E-state index is 0.0256. The van der Waals surface area contributed by atoms with Gasteiger partial charge < -0.3 is 5.11 Å². The highest BCUT2D eigenvalue weighted by Crippen LogP contribution is 2.20. The normalized spacial score (nSPS) is 13.8. The summed E-state index contributed by atoms with van der Waals surface area (Å²) in [5.74, 6) is 0. The zero-order valence-corrected chi connectivity index (χ0v) is 14.0. The molecule has 0 spiro atoms. The topological polar surface area (TPSA) is 75.4 Å². The first-order chi connectivity index (χ1) is 9.97. The molecule has 0 saturated heterocycles. The summed E-state index contributed by atoms with van der Waals surface area (Å²) >= 11 is 0. The number of aliphatic hydroxyl groups is 1. The van der Waals surface area contributed by atoms with Crippen molar-refractivity contribution in [3.63, 3.8) is 0 Å². The quantitative estimate of drug-likeness (QED) is 0.714. The van der Waals surface area contributed by atoms with Crippen LogP contribution in [-0.2, 0) is 16.6 Å². The van der Waals surface area contributed by atoms with E-state index in [1.54, 1.807) is 15.2 Å². The summed E-state index contributed by atoms with van der Waals surface area (Å²) in [6.45, 7) is 7.10. The molecule has 0 aliphatic rings. The molecule has 6 nitrogen and oxygen atoms in total. The Morgan fingerprint density at radius 2 is 2.10 bits per heavy atom. The summed E-state index contributed by atoms with van der Waals surface area (Å²) in [7, 11) is -3.50. The number of sulfonamides is 1. The maximum Gasteiger partial charge on any atom is 0.246 e. The highest BCUT2D eigenvalue weighted by Gasteiger charge is 2.28. The van der Waals surface area contributed by atoms with E-state index in [1.165, 1.54) is 6.20 Å².